The molecule has 0 bridgehead atoms. The van der Waals surface area contributed by atoms with Gasteiger partial charge in [-0.25, -0.2) is 4.79 Å². The average Bonchev–Trinajstić information content (AvgIpc) is 3.14. The molecule has 1 atom stereocenters. The lowest BCUT2D eigenvalue weighted by Gasteiger charge is -2.20. The monoisotopic (exact) mass is 363 g/mol. The van der Waals surface area contributed by atoms with Gasteiger partial charge in [-0.2, -0.15) is 5.10 Å². The van der Waals surface area contributed by atoms with Crippen LogP contribution in [0.3, 0.4) is 0 Å². The fourth-order valence-corrected chi connectivity index (χ4v) is 3.24. The van der Waals surface area contributed by atoms with Crippen molar-refractivity contribution >= 4 is 27.8 Å². The van der Waals surface area contributed by atoms with E-state index < -0.39 is 12.0 Å². The summed E-state index contributed by atoms with van der Waals surface area (Å²) in [7, 11) is 0. The third-order valence-corrected chi connectivity index (χ3v) is 4.54. The molecule has 3 rings (SSSR count). The lowest BCUT2D eigenvalue weighted by molar-refractivity contribution is -0.141. The van der Waals surface area contributed by atoms with Crippen molar-refractivity contribution in [1.29, 1.82) is 0 Å². The van der Waals surface area contributed by atoms with Crippen molar-refractivity contribution in [3.05, 3.63) is 40.5 Å². The second-order valence-corrected chi connectivity index (χ2v) is 5.92. The molecule has 1 aliphatic heterocycles. The van der Waals surface area contributed by atoms with Crippen molar-refractivity contribution in [3.8, 4) is 11.3 Å². The molecule has 0 saturated carbocycles. The molecule has 1 amide bonds. The molecule has 1 aliphatic rings. The van der Waals surface area contributed by atoms with E-state index >= 15 is 0 Å². The SMILES string of the molecule is O=C(O)C1CCCN1C(=O)c1[nH]nc(-c2ccccc2)c1Br. The number of rotatable bonds is 3. The van der Waals surface area contributed by atoms with Crippen LogP contribution in [0.2, 0.25) is 0 Å². The Morgan fingerprint density at radius 1 is 1.32 bits per heavy atom. The predicted molar refractivity (Wildman–Crippen MR) is 83.4 cm³/mol. The van der Waals surface area contributed by atoms with E-state index in [1.165, 1.54) is 4.90 Å². The zero-order valence-electron chi connectivity index (χ0n) is 11.6. The van der Waals surface area contributed by atoms with E-state index in [0.717, 1.165) is 5.56 Å². The number of halogens is 1. The number of carbonyl (C=O) groups is 2. The van der Waals surface area contributed by atoms with Gasteiger partial charge in [0.05, 0.1) is 4.47 Å². The number of carboxylic acid groups (broad SMARTS) is 1. The summed E-state index contributed by atoms with van der Waals surface area (Å²) < 4.78 is 0.555. The average molecular weight is 364 g/mol. The first-order valence-electron chi connectivity index (χ1n) is 6.92. The number of likely N-dealkylation sites (tertiary alicyclic amines) is 1. The van der Waals surface area contributed by atoms with Gasteiger partial charge in [0.1, 0.15) is 17.4 Å². The van der Waals surface area contributed by atoms with Crippen molar-refractivity contribution in [1.82, 2.24) is 15.1 Å². The molecule has 2 heterocycles. The molecule has 2 N–H and O–H groups in total. The lowest BCUT2D eigenvalue weighted by Crippen LogP contribution is -2.40. The highest BCUT2D eigenvalue weighted by Crippen LogP contribution is 2.30. The molecule has 1 fully saturated rings. The molecule has 2 aromatic rings. The number of hydrogen-bond donors (Lipinski definition) is 2. The Bertz CT molecular complexity index is 714. The van der Waals surface area contributed by atoms with Crippen LogP contribution in [-0.4, -0.2) is 44.7 Å². The number of aromatic amines is 1. The van der Waals surface area contributed by atoms with Crippen molar-refractivity contribution in [2.75, 3.05) is 6.54 Å². The maximum atomic E-state index is 12.6. The molecule has 6 nitrogen and oxygen atoms in total. The minimum atomic E-state index is -0.968. The van der Waals surface area contributed by atoms with Crippen molar-refractivity contribution in [3.63, 3.8) is 0 Å². The third-order valence-electron chi connectivity index (χ3n) is 3.77. The number of carbonyl (C=O) groups excluding carboxylic acids is 1. The van der Waals surface area contributed by atoms with Crippen molar-refractivity contribution in [2.45, 2.75) is 18.9 Å². The summed E-state index contributed by atoms with van der Waals surface area (Å²) in [5.74, 6) is -1.31. The minimum absolute atomic E-state index is 0.284. The highest BCUT2D eigenvalue weighted by atomic mass is 79.9. The van der Waals surface area contributed by atoms with Crippen LogP contribution < -0.4 is 0 Å². The Balaban J connectivity index is 1.91. The number of amides is 1. The highest BCUT2D eigenvalue weighted by Gasteiger charge is 2.36. The molecule has 0 aliphatic carbocycles. The standard InChI is InChI=1S/C15H14BrN3O3/c16-11-12(9-5-2-1-3-6-9)17-18-13(11)14(20)19-8-4-7-10(19)15(21)22/h1-3,5-6,10H,4,7-8H2,(H,17,18)(H,21,22). The summed E-state index contributed by atoms with van der Waals surface area (Å²) in [4.78, 5) is 25.2. The van der Waals surface area contributed by atoms with Crippen molar-refractivity contribution in [2.24, 2.45) is 0 Å². The van der Waals surface area contributed by atoms with Gasteiger partial charge in [0.2, 0.25) is 0 Å². The molecule has 7 heteroatoms. The summed E-state index contributed by atoms with van der Waals surface area (Å²) >= 11 is 3.40. The van der Waals surface area contributed by atoms with E-state index in [2.05, 4.69) is 26.1 Å². The predicted octanol–water partition coefficient (Wildman–Crippen LogP) is 2.53. The topological polar surface area (TPSA) is 86.3 Å². The molecular weight excluding hydrogens is 350 g/mol. The molecule has 114 valence electrons. The summed E-state index contributed by atoms with van der Waals surface area (Å²) in [6.07, 6.45) is 1.18. The highest BCUT2D eigenvalue weighted by molar-refractivity contribution is 9.10. The number of H-pyrrole nitrogens is 1. The molecule has 1 aromatic carbocycles. The largest absolute Gasteiger partial charge is 0.480 e. The van der Waals surface area contributed by atoms with Gasteiger partial charge in [-0.05, 0) is 28.8 Å². The summed E-state index contributed by atoms with van der Waals surface area (Å²) in [6.45, 7) is 0.446. The molecule has 0 radical (unpaired) electrons. The smallest absolute Gasteiger partial charge is 0.326 e. The zero-order valence-corrected chi connectivity index (χ0v) is 13.2. The summed E-state index contributed by atoms with van der Waals surface area (Å²) in [6, 6.07) is 8.70. The molecule has 0 spiro atoms. The van der Waals surface area contributed by atoms with Gasteiger partial charge >= 0.3 is 5.97 Å². The summed E-state index contributed by atoms with van der Waals surface area (Å²) in [5.41, 5.74) is 1.79. The zero-order chi connectivity index (χ0) is 15.7. The quantitative estimate of drug-likeness (QED) is 0.876. The van der Waals surface area contributed by atoms with Crippen LogP contribution in [0.25, 0.3) is 11.3 Å². The van der Waals surface area contributed by atoms with Crippen LogP contribution >= 0.6 is 15.9 Å². The van der Waals surface area contributed by atoms with Crippen LogP contribution in [0.15, 0.2) is 34.8 Å². The lowest BCUT2D eigenvalue weighted by atomic mass is 10.1. The number of aliphatic carboxylic acids is 1. The first-order chi connectivity index (χ1) is 10.6. The second-order valence-electron chi connectivity index (χ2n) is 5.12. The summed E-state index contributed by atoms with van der Waals surface area (Å²) in [5, 5.41) is 16.1. The Morgan fingerprint density at radius 3 is 2.73 bits per heavy atom. The molecular formula is C15H14BrN3O3. The van der Waals surface area contributed by atoms with E-state index in [1.807, 2.05) is 30.3 Å². The van der Waals surface area contributed by atoms with E-state index in [-0.39, 0.29) is 11.6 Å². The van der Waals surface area contributed by atoms with Crippen LogP contribution in [0, 0.1) is 0 Å². The van der Waals surface area contributed by atoms with E-state index in [4.69, 9.17) is 0 Å². The molecule has 1 aromatic heterocycles. The Labute approximate surface area is 135 Å². The van der Waals surface area contributed by atoms with Gasteiger partial charge in [-0.3, -0.25) is 9.89 Å². The fraction of sp³-hybridized carbons (Fsp3) is 0.267. The van der Waals surface area contributed by atoms with Gasteiger partial charge in [-0.15, -0.1) is 0 Å². The molecule has 22 heavy (non-hydrogen) atoms. The molecule has 1 unspecified atom stereocenters. The number of aromatic nitrogens is 2. The second kappa shape index (κ2) is 5.92. The van der Waals surface area contributed by atoms with E-state index in [0.29, 0.717) is 29.6 Å². The van der Waals surface area contributed by atoms with Crippen LogP contribution in [0.4, 0.5) is 0 Å². The molecule has 1 saturated heterocycles. The van der Waals surface area contributed by atoms with Gasteiger partial charge in [0.25, 0.3) is 5.91 Å². The number of hydrogen-bond acceptors (Lipinski definition) is 3. The maximum absolute atomic E-state index is 12.6. The Kier molecular flexibility index (Phi) is 3.98. The third kappa shape index (κ3) is 2.52. The number of benzene rings is 1. The first-order valence-corrected chi connectivity index (χ1v) is 7.72. The van der Waals surface area contributed by atoms with Gasteiger partial charge in [0, 0.05) is 12.1 Å². The normalized spacial score (nSPS) is 17.7. The van der Waals surface area contributed by atoms with Crippen LogP contribution in [0.1, 0.15) is 23.3 Å². The van der Waals surface area contributed by atoms with E-state index in [1.54, 1.807) is 0 Å². The van der Waals surface area contributed by atoms with Gasteiger partial charge in [-0.1, -0.05) is 30.3 Å². The van der Waals surface area contributed by atoms with Crippen LogP contribution in [-0.2, 0) is 4.79 Å². The van der Waals surface area contributed by atoms with E-state index in [9.17, 15) is 14.7 Å². The first kappa shape index (κ1) is 14.8. The van der Waals surface area contributed by atoms with Crippen LogP contribution in [0.5, 0.6) is 0 Å². The van der Waals surface area contributed by atoms with Crippen molar-refractivity contribution < 1.29 is 14.7 Å². The Morgan fingerprint density at radius 2 is 2.05 bits per heavy atom. The minimum Gasteiger partial charge on any atom is -0.480 e. The fourth-order valence-electron chi connectivity index (χ4n) is 2.67. The maximum Gasteiger partial charge on any atom is 0.326 e. The van der Waals surface area contributed by atoms with Gasteiger partial charge < -0.3 is 10.0 Å². The Hall–Kier alpha value is -2.15. The number of nitrogens with one attached hydrogen (secondary N) is 1. The van der Waals surface area contributed by atoms with Gasteiger partial charge in [0.15, 0.2) is 0 Å². The number of carboxylic acids is 1. The number of nitrogens with zero attached hydrogens (tertiary/aromatic N) is 2.